The fraction of sp³-hybridized carbons (Fsp3) is 0.889. The van der Waals surface area contributed by atoms with Crippen molar-refractivity contribution in [2.45, 2.75) is 196 Å². The van der Waals surface area contributed by atoms with E-state index in [1.165, 1.54) is 77.0 Å². The largest absolute Gasteiger partial charge is 0.408 e. The molecule has 0 N–H and O–H groups in total. The molecule has 2 atom stereocenters. The quantitative estimate of drug-likeness (QED) is 0.0265. The molecule has 0 rings (SSSR count). The molecule has 0 aromatic heterocycles. The zero-order chi connectivity index (χ0) is 33.6. The molecule has 0 bridgehead atoms. The molecule has 2 unspecified atom stereocenters. The van der Waals surface area contributed by atoms with Crippen LogP contribution in [0.3, 0.4) is 0 Å². The van der Waals surface area contributed by atoms with Crippen molar-refractivity contribution in [1.82, 2.24) is 0 Å². The van der Waals surface area contributed by atoms with Crippen LogP contribution in [0.5, 0.6) is 0 Å². The zero-order valence-corrected chi connectivity index (χ0v) is 31.8. The van der Waals surface area contributed by atoms with Crippen molar-refractivity contribution < 1.29 is 60.4 Å². The molecular formula is C36H68O8Ti. The molecule has 0 saturated carbocycles. The van der Waals surface area contributed by atoms with Crippen molar-refractivity contribution in [3.63, 3.8) is 0 Å². The summed E-state index contributed by atoms with van der Waals surface area (Å²) < 4.78 is 0. The predicted octanol–water partition coefficient (Wildman–Crippen LogP) is 9.99. The second-order valence-electron chi connectivity index (χ2n) is 12.5. The molecule has 45 heavy (non-hydrogen) atoms. The van der Waals surface area contributed by atoms with Crippen LogP contribution in [0, 0.1) is 11.8 Å². The van der Waals surface area contributed by atoms with Crippen LogP contribution < -0.4 is 0 Å². The van der Waals surface area contributed by atoms with E-state index in [9.17, 15) is 19.2 Å². The van der Waals surface area contributed by atoms with E-state index in [2.05, 4.69) is 23.6 Å². The van der Waals surface area contributed by atoms with Crippen LogP contribution in [0.2, 0.25) is 0 Å². The van der Waals surface area contributed by atoms with Crippen LogP contribution in [-0.2, 0) is 60.4 Å². The smallest absolute Gasteiger partial charge is 0.289 e. The Morgan fingerprint density at radius 3 is 0.956 bits per heavy atom. The molecule has 0 aliphatic heterocycles. The molecule has 0 radical (unpaired) electrons. The van der Waals surface area contributed by atoms with Crippen LogP contribution in [0.1, 0.15) is 184 Å². The molecule has 0 spiro atoms. The number of carbonyl (C=O) groups excluding carboxylic acids is 4. The summed E-state index contributed by atoms with van der Waals surface area (Å²) in [6, 6.07) is 0. The number of Topliss-reactive ketones (excluding diaryl/α,β-unsaturated/α-hetero) is 2. The summed E-state index contributed by atoms with van der Waals surface area (Å²) >= 11 is 0. The van der Waals surface area contributed by atoms with Gasteiger partial charge in [0.2, 0.25) is 11.6 Å². The van der Waals surface area contributed by atoms with Crippen molar-refractivity contribution >= 4 is 23.5 Å². The number of carbonyl (C=O) groups is 4. The number of ketones is 2. The van der Waals surface area contributed by atoms with Crippen molar-refractivity contribution in [1.29, 1.82) is 0 Å². The molecule has 0 aliphatic carbocycles. The summed E-state index contributed by atoms with van der Waals surface area (Å²) in [6.45, 7) is 15.3. The fourth-order valence-electron chi connectivity index (χ4n) is 4.79. The fourth-order valence-corrected chi connectivity index (χ4v) is 4.79. The molecule has 0 heterocycles. The van der Waals surface area contributed by atoms with Gasteiger partial charge in [0.25, 0.3) is 0 Å². The number of unbranched alkanes of at least 4 members (excludes halogenated alkanes) is 14. The van der Waals surface area contributed by atoms with E-state index in [1.54, 1.807) is 27.7 Å². The van der Waals surface area contributed by atoms with E-state index in [-0.39, 0.29) is 45.8 Å². The van der Waals surface area contributed by atoms with E-state index in [0.717, 1.165) is 38.5 Å². The van der Waals surface area contributed by atoms with Crippen LogP contribution in [0.15, 0.2) is 0 Å². The zero-order valence-electron chi connectivity index (χ0n) is 30.2. The Morgan fingerprint density at radius 1 is 0.444 bits per heavy atom. The molecule has 8 nitrogen and oxygen atoms in total. The first-order valence-corrected chi connectivity index (χ1v) is 17.9. The summed E-state index contributed by atoms with van der Waals surface area (Å²) in [5.74, 6) is -3.09. The van der Waals surface area contributed by atoms with Crippen LogP contribution in [0.25, 0.3) is 0 Å². The maximum atomic E-state index is 12.0. The Labute approximate surface area is 290 Å². The summed E-state index contributed by atoms with van der Waals surface area (Å²) in [6.07, 6.45) is 22.1. The molecule has 0 fully saturated rings. The van der Waals surface area contributed by atoms with Gasteiger partial charge in [-0.15, -0.1) is 0 Å². The van der Waals surface area contributed by atoms with Gasteiger partial charge in [-0.2, -0.15) is 9.78 Å². The first-order chi connectivity index (χ1) is 21.0. The Kier molecular flexibility index (Phi) is 36.8. The van der Waals surface area contributed by atoms with Gasteiger partial charge in [0.15, 0.2) is 0 Å². The van der Waals surface area contributed by atoms with Crippen LogP contribution in [0.4, 0.5) is 0 Å². The van der Waals surface area contributed by atoms with Crippen molar-refractivity contribution in [3.8, 4) is 0 Å². The Bertz CT molecular complexity index is 666. The third kappa shape index (κ3) is 30.0. The summed E-state index contributed by atoms with van der Waals surface area (Å²) in [5, 5.41) is 0. The molecule has 0 aliphatic rings. The summed E-state index contributed by atoms with van der Waals surface area (Å²) in [4.78, 5) is 65.7. The topological polar surface area (TPSA) is 105 Å². The van der Waals surface area contributed by atoms with E-state index in [4.69, 9.17) is 9.78 Å². The van der Waals surface area contributed by atoms with Gasteiger partial charge in [0, 0.05) is 33.6 Å². The van der Waals surface area contributed by atoms with Gasteiger partial charge in [-0.1, -0.05) is 130 Å². The second kappa shape index (κ2) is 34.3. The Balaban J connectivity index is -0.000000767. The van der Waals surface area contributed by atoms with E-state index >= 15 is 0 Å². The maximum absolute atomic E-state index is 12.0. The molecule has 0 aromatic carbocycles. The standard InChI is InChI=1S/2C18H34O4.Ti/c2*1-5-7-8-9-10-11-12-13-14-16(6-2)17(19)18(20)22-21-15(3)4;/h2*15-16H,5-14H2,1-4H3;. The molecule has 0 aromatic rings. The van der Waals surface area contributed by atoms with Gasteiger partial charge >= 0.3 is 11.9 Å². The minimum atomic E-state index is -0.861. The minimum Gasteiger partial charge on any atom is -0.289 e. The third-order valence-electron chi connectivity index (χ3n) is 7.57. The Hall–Kier alpha value is -1.09. The summed E-state index contributed by atoms with van der Waals surface area (Å²) in [5.41, 5.74) is 0. The van der Waals surface area contributed by atoms with Crippen molar-refractivity contribution in [2.24, 2.45) is 11.8 Å². The van der Waals surface area contributed by atoms with Gasteiger partial charge in [0.1, 0.15) is 0 Å². The second-order valence-corrected chi connectivity index (χ2v) is 12.5. The van der Waals surface area contributed by atoms with Crippen molar-refractivity contribution in [2.75, 3.05) is 0 Å². The first-order valence-electron chi connectivity index (χ1n) is 17.9. The average molecular weight is 677 g/mol. The van der Waals surface area contributed by atoms with Gasteiger partial charge in [-0.25, -0.2) is 9.59 Å². The minimum absolute atomic E-state index is 0. The van der Waals surface area contributed by atoms with Gasteiger partial charge in [-0.05, 0) is 53.4 Å². The number of rotatable bonds is 28. The molecule has 9 heteroatoms. The number of hydrogen-bond donors (Lipinski definition) is 0. The molecule has 264 valence electrons. The van der Waals surface area contributed by atoms with Crippen LogP contribution in [-0.4, -0.2) is 35.7 Å². The van der Waals surface area contributed by atoms with E-state index in [0.29, 0.717) is 12.8 Å². The SMILES string of the molecule is CCCCCCCCCCC(CC)C(=O)C(=O)OOC(C)C.CCCCCCCCCCC(CC)C(=O)C(=O)OOC(C)C.[Ti]. The monoisotopic (exact) mass is 676 g/mol. The van der Waals surface area contributed by atoms with Crippen molar-refractivity contribution in [3.05, 3.63) is 0 Å². The third-order valence-corrected chi connectivity index (χ3v) is 7.57. The normalized spacial score (nSPS) is 12.1. The van der Waals surface area contributed by atoms with E-state index < -0.39 is 23.5 Å². The molecule has 0 amide bonds. The van der Waals surface area contributed by atoms with E-state index in [1.807, 2.05) is 13.8 Å². The van der Waals surface area contributed by atoms with Crippen LogP contribution >= 0.6 is 0 Å². The molecular weight excluding hydrogens is 608 g/mol. The van der Waals surface area contributed by atoms with Gasteiger partial charge in [0.05, 0.1) is 12.2 Å². The molecule has 0 saturated heterocycles. The first kappa shape index (κ1) is 48.3. The van der Waals surface area contributed by atoms with Gasteiger partial charge < -0.3 is 0 Å². The predicted molar refractivity (Wildman–Crippen MR) is 177 cm³/mol. The Morgan fingerprint density at radius 2 is 0.711 bits per heavy atom. The van der Waals surface area contributed by atoms with Gasteiger partial charge in [-0.3, -0.25) is 19.4 Å². The summed E-state index contributed by atoms with van der Waals surface area (Å²) in [7, 11) is 0. The average Bonchev–Trinajstić information content (AvgIpc) is 3.00. The number of hydrogen-bond acceptors (Lipinski definition) is 8. The maximum Gasteiger partial charge on any atom is 0.408 e.